The Labute approximate surface area is 105 Å². The lowest BCUT2D eigenvalue weighted by Crippen LogP contribution is -2.29. The molecular weight excluding hydrogens is 240 g/mol. The van der Waals surface area contributed by atoms with Crippen LogP contribution in [-0.2, 0) is 4.74 Å². The van der Waals surface area contributed by atoms with Crippen molar-refractivity contribution < 1.29 is 18.3 Å². The molecule has 0 amide bonds. The van der Waals surface area contributed by atoms with Crippen LogP contribution in [0, 0.1) is 11.6 Å². The number of hydrogen-bond acceptors (Lipinski definition) is 3. The van der Waals surface area contributed by atoms with Crippen molar-refractivity contribution in [3.05, 3.63) is 29.8 Å². The Hall–Kier alpha value is -1.20. The van der Waals surface area contributed by atoms with Gasteiger partial charge in [0.05, 0.1) is 6.10 Å². The van der Waals surface area contributed by atoms with Gasteiger partial charge in [-0.05, 0) is 25.0 Å². The Kier molecular flexibility index (Phi) is 4.90. The largest absolute Gasteiger partial charge is 0.492 e. The fourth-order valence-electron chi connectivity index (χ4n) is 1.88. The highest BCUT2D eigenvalue weighted by Gasteiger charge is 2.14. The van der Waals surface area contributed by atoms with E-state index < -0.39 is 11.6 Å². The fraction of sp³-hybridized carbons (Fsp3) is 0.538. The maximum Gasteiger partial charge on any atom is 0.162 e. The van der Waals surface area contributed by atoms with Crippen LogP contribution in [0.1, 0.15) is 12.8 Å². The van der Waals surface area contributed by atoms with Crippen LogP contribution in [0.2, 0.25) is 0 Å². The number of benzene rings is 1. The van der Waals surface area contributed by atoms with E-state index in [0.717, 1.165) is 38.1 Å². The Bertz CT molecular complexity index is 381. The van der Waals surface area contributed by atoms with Crippen molar-refractivity contribution >= 4 is 0 Å². The first-order valence-electron chi connectivity index (χ1n) is 6.16. The zero-order chi connectivity index (χ0) is 12.8. The molecule has 2 rings (SSSR count). The predicted octanol–water partition coefficient (Wildman–Crippen LogP) is 2.11. The molecule has 1 aromatic carbocycles. The molecule has 1 atom stereocenters. The monoisotopic (exact) mass is 257 g/mol. The summed E-state index contributed by atoms with van der Waals surface area (Å²) < 4.78 is 36.3. The number of halogens is 2. The molecule has 1 N–H and O–H groups in total. The van der Waals surface area contributed by atoms with Crippen LogP contribution in [0.3, 0.4) is 0 Å². The molecule has 1 aliphatic heterocycles. The van der Waals surface area contributed by atoms with Gasteiger partial charge in [-0.3, -0.25) is 0 Å². The number of hydrogen-bond donors (Lipinski definition) is 1. The predicted molar refractivity (Wildman–Crippen MR) is 63.7 cm³/mol. The Morgan fingerprint density at radius 1 is 1.33 bits per heavy atom. The zero-order valence-corrected chi connectivity index (χ0v) is 10.1. The van der Waals surface area contributed by atoms with E-state index in [2.05, 4.69) is 5.32 Å². The first kappa shape index (κ1) is 13.2. The quantitative estimate of drug-likeness (QED) is 0.792. The molecular formula is C13H17F2NO2. The summed E-state index contributed by atoms with van der Waals surface area (Å²) in [5, 5.41) is 3.21. The Morgan fingerprint density at radius 2 is 2.22 bits per heavy atom. The fourth-order valence-corrected chi connectivity index (χ4v) is 1.88. The minimum atomic E-state index is -0.889. The van der Waals surface area contributed by atoms with Crippen molar-refractivity contribution in [2.45, 2.75) is 18.9 Å². The van der Waals surface area contributed by atoms with Crippen LogP contribution in [0.5, 0.6) is 5.75 Å². The van der Waals surface area contributed by atoms with Crippen LogP contribution in [0.25, 0.3) is 0 Å². The topological polar surface area (TPSA) is 30.5 Å². The summed E-state index contributed by atoms with van der Waals surface area (Å²) >= 11 is 0. The standard InChI is InChI=1S/C13H17F2NO2/c14-12-4-3-10(8-13(12)15)18-7-5-16-9-11-2-1-6-17-11/h3-4,8,11,16H,1-2,5-7,9H2. The second-order valence-electron chi connectivity index (χ2n) is 4.26. The molecule has 1 aliphatic rings. The van der Waals surface area contributed by atoms with Gasteiger partial charge in [-0.1, -0.05) is 0 Å². The normalized spacial score (nSPS) is 19.1. The second kappa shape index (κ2) is 6.66. The average Bonchev–Trinajstić information content (AvgIpc) is 2.86. The van der Waals surface area contributed by atoms with Crippen LogP contribution < -0.4 is 10.1 Å². The molecule has 3 nitrogen and oxygen atoms in total. The molecule has 0 spiro atoms. The van der Waals surface area contributed by atoms with Crippen LogP contribution in [0.4, 0.5) is 8.78 Å². The van der Waals surface area contributed by atoms with Gasteiger partial charge in [0.15, 0.2) is 11.6 Å². The molecule has 0 saturated carbocycles. The van der Waals surface area contributed by atoms with E-state index in [1.807, 2.05) is 0 Å². The number of rotatable bonds is 6. The molecule has 5 heteroatoms. The van der Waals surface area contributed by atoms with Crippen molar-refractivity contribution in [3.8, 4) is 5.75 Å². The minimum absolute atomic E-state index is 0.299. The molecule has 0 aliphatic carbocycles. The summed E-state index contributed by atoms with van der Waals surface area (Å²) in [7, 11) is 0. The third kappa shape index (κ3) is 3.92. The van der Waals surface area contributed by atoms with E-state index >= 15 is 0 Å². The van der Waals surface area contributed by atoms with Crippen LogP contribution in [0.15, 0.2) is 18.2 Å². The summed E-state index contributed by atoms with van der Waals surface area (Å²) in [5.41, 5.74) is 0. The second-order valence-corrected chi connectivity index (χ2v) is 4.26. The van der Waals surface area contributed by atoms with E-state index in [9.17, 15) is 8.78 Å². The van der Waals surface area contributed by atoms with Crippen molar-refractivity contribution in [2.24, 2.45) is 0 Å². The average molecular weight is 257 g/mol. The summed E-state index contributed by atoms with van der Waals surface area (Å²) in [6, 6.07) is 3.53. The first-order chi connectivity index (χ1) is 8.75. The highest BCUT2D eigenvalue weighted by Crippen LogP contribution is 2.15. The van der Waals surface area contributed by atoms with Crippen molar-refractivity contribution in [1.29, 1.82) is 0 Å². The third-order valence-corrected chi connectivity index (χ3v) is 2.83. The molecule has 1 fully saturated rings. The first-order valence-corrected chi connectivity index (χ1v) is 6.16. The maximum absolute atomic E-state index is 12.9. The smallest absolute Gasteiger partial charge is 0.162 e. The van der Waals surface area contributed by atoms with Gasteiger partial charge in [0.1, 0.15) is 12.4 Å². The lowest BCUT2D eigenvalue weighted by molar-refractivity contribution is 0.109. The molecule has 1 heterocycles. The summed E-state index contributed by atoms with van der Waals surface area (Å²) in [5.74, 6) is -1.41. The van der Waals surface area contributed by atoms with E-state index in [0.29, 0.717) is 25.0 Å². The molecule has 1 aromatic rings. The lowest BCUT2D eigenvalue weighted by Gasteiger charge is -2.11. The number of ether oxygens (including phenoxy) is 2. The van der Waals surface area contributed by atoms with Gasteiger partial charge in [0.25, 0.3) is 0 Å². The Balaban J connectivity index is 1.61. The van der Waals surface area contributed by atoms with E-state index in [-0.39, 0.29) is 0 Å². The van der Waals surface area contributed by atoms with Gasteiger partial charge >= 0.3 is 0 Å². The molecule has 100 valence electrons. The molecule has 18 heavy (non-hydrogen) atoms. The molecule has 0 radical (unpaired) electrons. The third-order valence-electron chi connectivity index (χ3n) is 2.83. The highest BCUT2D eigenvalue weighted by molar-refractivity contribution is 5.23. The van der Waals surface area contributed by atoms with Gasteiger partial charge in [-0.2, -0.15) is 0 Å². The molecule has 1 saturated heterocycles. The van der Waals surface area contributed by atoms with Crippen molar-refractivity contribution in [3.63, 3.8) is 0 Å². The summed E-state index contributed by atoms with van der Waals surface area (Å²) in [6.45, 7) is 2.72. The van der Waals surface area contributed by atoms with Gasteiger partial charge < -0.3 is 14.8 Å². The van der Waals surface area contributed by atoms with Gasteiger partial charge in [0, 0.05) is 25.8 Å². The van der Waals surface area contributed by atoms with E-state index in [4.69, 9.17) is 9.47 Å². The Morgan fingerprint density at radius 3 is 2.94 bits per heavy atom. The lowest BCUT2D eigenvalue weighted by atomic mass is 10.2. The summed E-state index contributed by atoms with van der Waals surface area (Å²) in [6.07, 6.45) is 2.52. The molecule has 1 unspecified atom stereocenters. The zero-order valence-electron chi connectivity index (χ0n) is 10.1. The summed E-state index contributed by atoms with van der Waals surface area (Å²) in [4.78, 5) is 0. The molecule has 0 aromatic heterocycles. The molecule has 0 bridgehead atoms. The van der Waals surface area contributed by atoms with Gasteiger partial charge in [-0.25, -0.2) is 8.78 Å². The van der Waals surface area contributed by atoms with Crippen molar-refractivity contribution in [2.75, 3.05) is 26.3 Å². The van der Waals surface area contributed by atoms with E-state index in [1.54, 1.807) is 0 Å². The number of nitrogens with one attached hydrogen (secondary N) is 1. The van der Waals surface area contributed by atoms with Gasteiger partial charge in [0.2, 0.25) is 0 Å². The van der Waals surface area contributed by atoms with Crippen LogP contribution >= 0.6 is 0 Å². The minimum Gasteiger partial charge on any atom is -0.492 e. The maximum atomic E-state index is 12.9. The van der Waals surface area contributed by atoms with Gasteiger partial charge in [-0.15, -0.1) is 0 Å². The SMILES string of the molecule is Fc1ccc(OCCNCC2CCCO2)cc1F. The highest BCUT2D eigenvalue weighted by atomic mass is 19.2. The van der Waals surface area contributed by atoms with Crippen molar-refractivity contribution in [1.82, 2.24) is 5.32 Å². The van der Waals surface area contributed by atoms with Crippen LogP contribution in [-0.4, -0.2) is 32.4 Å². The van der Waals surface area contributed by atoms with E-state index in [1.165, 1.54) is 6.07 Å².